The third-order valence-electron chi connectivity index (χ3n) is 4.32. The van der Waals surface area contributed by atoms with Crippen molar-refractivity contribution in [2.45, 2.75) is 26.2 Å². The van der Waals surface area contributed by atoms with Crippen LogP contribution in [-0.4, -0.2) is 27.2 Å². The van der Waals surface area contributed by atoms with Crippen LogP contribution in [0.25, 0.3) is 11.0 Å². The predicted octanol–water partition coefficient (Wildman–Crippen LogP) is 3.83. The normalized spacial score (nSPS) is 12.0. The summed E-state index contributed by atoms with van der Waals surface area (Å²) in [5.74, 6) is 0.507. The van der Waals surface area contributed by atoms with Crippen molar-refractivity contribution in [3.8, 4) is 5.75 Å². The SMILES string of the molecule is Cn1c(N/N=C\c2cc(C(C)(C)C)cc(C=O)c2O)nc2ccccc21. The minimum absolute atomic E-state index is 0.0800. The molecule has 2 aromatic carbocycles. The lowest BCUT2D eigenvalue weighted by atomic mass is 9.85. The summed E-state index contributed by atoms with van der Waals surface area (Å²) in [6.07, 6.45) is 2.15. The molecule has 0 radical (unpaired) electrons. The Labute approximate surface area is 152 Å². The highest BCUT2D eigenvalue weighted by Gasteiger charge is 2.18. The maximum absolute atomic E-state index is 11.3. The number of carbonyl (C=O) groups excluding carboxylic acids is 1. The Morgan fingerprint density at radius 2 is 1.88 bits per heavy atom. The standard InChI is InChI=1S/C20H22N4O2/c1-20(2,3)15-9-13(18(26)14(10-15)12-25)11-21-23-19-22-16-7-5-6-8-17(16)24(19)4/h5-12,26H,1-4H3,(H,22,23)/b21-11-. The van der Waals surface area contributed by atoms with Crippen molar-refractivity contribution in [2.75, 3.05) is 5.43 Å². The molecule has 0 aliphatic carbocycles. The molecule has 6 heteroatoms. The number of aromatic hydroxyl groups is 1. The average molecular weight is 350 g/mol. The lowest BCUT2D eigenvalue weighted by Crippen LogP contribution is -2.12. The molecule has 1 aromatic heterocycles. The molecule has 1 heterocycles. The number of carbonyl (C=O) groups is 1. The zero-order chi connectivity index (χ0) is 18.9. The Morgan fingerprint density at radius 1 is 1.19 bits per heavy atom. The van der Waals surface area contributed by atoms with E-state index >= 15 is 0 Å². The number of phenolic OH excluding ortho intramolecular Hbond substituents is 1. The van der Waals surface area contributed by atoms with Gasteiger partial charge in [0.2, 0.25) is 5.95 Å². The second-order valence-electron chi connectivity index (χ2n) is 7.22. The molecule has 3 aromatic rings. The van der Waals surface area contributed by atoms with Gasteiger partial charge >= 0.3 is 0 Å². The highest BCUT2D eigenvalue weighted by Crippen LogP contribution is 2.29. The number of aryl methyl sites for hydroxylation is 1. The summed E-state index contributed by atoms with van der Waals surface area (Å²) in [6.45, 7) is 6.14. The first kappa shape index (κ1) is 17.7. The van der Waals surface area contributed by atoms with Crippen molar-refractivity contribution in [3.63, 3.8) is 0 Å². The lowest BCUT2D eigenvalue weighted by Gasteiger charge is -2.20. The topological polar surface area (TPSA) is 79.5 Å². The molecule has 0 aliphatic rings. The van der Waals surface area contributed by atoms with Gasteiger partial charge in [-0.25, -0.2) is 10.4 Å². The lowest BCUT2D eigenvalue weighted by molar-refractivity contribution is 0.112. The van der Waals surface area contributed by atoms with Gasteiger partial charge in [0.15, 0.2) is 6.29 Å². The first-order valence-electron chi connectivity index (χ1n) is 8.34. The number of fused-ring (bicyclic) bond motifs is 1. The van der Waals surface area contributed by atoms with E-state index in [2.05, 4.69) is 15.5 Å². The van der Waals surface area contributed by atoms with Crippen molar-refractivity contribution in [3.05, 3.63) is 53.1 Å². The second kappa shape index (κ2) is 6.63. The van der Waals surface area contributed by atoms with Gasteiger partial charge in [-0.2, -0.15) is 5.10 Å². The summed E-state index contributed by atoms with van der Waals surface area (Å²) in [4.78, 5) is 15.7. The number of benzene rings is 2. The first-order valence-corrected chi connectivity index (χ1v) is 8.34. The van der Waals surface area contributed by atoms with Crippen LogP contribution in [0.2, 0.25) is 0 Å². The van der Waals surface area contributed by atoms with Gasteiger partial charge in [0.05, 0.1) is 22.8 Å². The molecule has 0 fully saturated rings. The number of rotatable bonds is 4. The summed E-state index contributed by atoms with van der Waals surface area (Å²) in [5, 5.41) is 14.5. The van der Waals surface area contributed by atoms with Crippen LogP contribution in [0.1, 0.15) is 42.3 Å². The molecule has 0 aliphatic heterocycles. The van der Waals surface area contributed by atoms with Crippen LogP contribution >= 0.6 is 0 Å². The van der Waals surface area contributed by atoms with E-state index in [1.54, 1.807) is 6.07 Å². The third-order valence-corrected chi connectivity index (χ3v) is 4.32. The number of nitrogens with zero attached hydrogens (tertiary/aromatic N) is 3. The van der Waals surface area contributed by atoms with Crippen molar-refractivity contribution in [1.82, 2.24) is 9.55 Å². The summed E-state index contributed by atoms with van der Waals surface area (Å²) in [5.41, 5.74) is 6.28. The van der Waals surface area contributed by atoms with E-state index in [9.17, 15) is 9.90 Å². The van der Waals surface area contributed by atoms with E-state index in [1.165, 1.54) is 6.21 Å². The van der Waals surface area contributed by atoms with Gasteiger partial charge in [0, 0.05) is 12.6 Å². The minimum atomic E-state index is -0.154. The fourth-order valence-corrected chi connectivity index (χ4v) is 2.71. The number of hydrogen-bond acceptors (Lipinski definition) is 5. The van der Waals surface area contributed by atoms with Crippen molar-refractivity contribution in [1.29, 1.82) is 0 Å². The van der Waals surface area contributed by atoms with E-state index in [0.717, 1.165) is 16.6 Å². The number of hydrogen-bond donors (Lipinski definition) is 2. The quantitative estimate of drug-likeness (QED) is 0.426. The zero-order valence-corrected chi connectivity index (χ0v) is 15.3. The van der Waals surface area contributed by atoms with Crippen LogP contribution in [0.5, 0.6) is 5.75 Å². The Hall–Kier alpha value is -3.15. The van der Waals surface area contributed by atoms with Gasteiger partial charge in [-0.1, -0.05) is 32.9 Å². The Balaban J connectivity index is 1.92. The number of aromatic nitrogens is 2. The molecule has 134 valence electrons. The molecule has 6 nitrogen and oxygen atoms in total. The van der Waals surface area contributed by atoms with Crippen molar-refractivity contribution < 1.29 is 9.90 Å². The maximum atomic E-state index is 11.3. The molecular weight excluding hydrogens is 328 g/mol. The molecule has 3 rings (SSSR count). The van der Waals surface area contributed by atoms with E-state index in [0.29, 0.717) is 17.8 Å². The van der Waals surface area contributed by atoms with Crippen LogP contribution in [0.15, 0.2) is 41.5 Å². The van der Waals surface area contributed by atoms with E-state index < -0.39 is 0 Å². The average Bonchev–Trinajstić information content (AvgIpc) is 2.92. The van der Waals surface area contributed by atoms with E-state index in [1.807, 2.05) is 62.7 Å². The maximum Gasteiger partial charge on any atom is 0.224 e. The number of anilines is 1. The zero-order valence-electron chi connectivity index (χ0n) is 15.3. The van der Waals surface area contributed by atoms with Crippen molar-refractivity contribution in [2.24, 2.45) is 12.1 Å². The van der Waals surface area contributed by atoms with Crippen molar-refractivity contribution >= 4 is 29.5 Å². The Bertz CT molecular complexity index is 997. The molecule has 0 atom stereocenters. The molecule has 0 saturated carbocycles. The van der Waals surface area contributed by atoms with Crippen LogP contribution in [0, 0.1) is 0 Å². The molecule has 26 heavy (non-hydrogen) atoms. The molecule has 0 unspecified atom stereocenters. The molecule has 0 saturated heterocycles. The fourth-order valence-electron chi connectivity index (χ4n) is 2.71. The first-order chi connectivity index (χ1) is 12.3. The number of nitrogens with one attached hydrogen (secondary N) is 1. The minimum Gasteiger partial charge on any atom is -0.507 e. The predicted molar refractivity (Wildman–Crippen MR) is 104 cm³/mol. The molecule has 0 spiro atoms. The van der Waals surface area contributed by atoms with Crippen LogP contribution in [-0.2, 0) is 12.5 Å². The smallest absolute Gasteiger partial charge is 0.224 e. The molecule has 0 bridgehead atoms. The van der Waals surface area contributed by atoms with Gasteiger partial charge in [-0.15, -0.1) is 0 Å². The highest BCUT2D eigenvalue weighted by atomic mass is 16.3. The number of aldehydes is 1. The monoisotopic (exact) mass is 350 g/mol. The largest absolute Gasteiger partial charge is 0.507 e. The third kappa shape index (κ3) is 3.31. The highest BCUT2D eigenvalue weighted by molar-refractivity contribution is 5.91. The summed E-state index contributed by atoms with van der Waals surface area (Å²) in [7, 11) is 1.90. The van der Waals surface area contributed by atoms with E-state index in [-0.39, 0.29) is 16.7 Å². The Morgan fingerprint density at radius 3 is 2.54 bits per heavy atom. The molecular formula is C20H22N4O2. The summed E-state index contributed by atoms with van der Waals surface area (Å²) in [6, 6.07) is 11.3. The Kier molecular flexibility index (Phi) is 4.50. The van der Waals surface area contributed by atoms with Crippen LogP contribution in [0.3, 0.4) is 0 Å². The summed E-state index contributed by atoms with van der Waals surface area (Å²) >= 11 is 0. The van der Waals surface area contributed by atoms with Gasteiger partial charge in [0.25, 0.3) is 0 Å². The van der Waals surface area contributed by atoms with Crippen LogP contribution < -0.4 is 5.43 Å². The number of phenols is 1. The fraction of sp³-hybridized carbons (Fsp3) is 0.250. The van der Waals surface area contributed by atoms with Gasteiger partial charge < -0.3 is 9.67 Å². The van der Waals surface area contributed by atoms with E-state index in [4.69, 9.17) is 0 Å². The number of imidazole rings is 1. The molecule has 2 N–H and O–H groups in total. The summed E-state index contributed by atoms with van der Waals surface area (Å²) < 4.78 is 1.90. The van der Waals surface area contributed by atoms with Gasteiger partial charge in [-0.3, -0.25) is 4.79 Å². The van der Waals surface area contributed by atoms with Gasteiger partial charge in [-0.05, 0) is 35.2 Å². The number of hydrazone groups is 1. The van der Waals surface area contributed by atoms with Gasteiger partial charge in [0.1, 0.15) is 5.75 Å². The number of para-hydroxylation sites is 2. The van der Waals surface area contributed by atoms with Crippen LogP contribution in [0.4, 0.5) is 5.95 Å². The molecule has 0 amide bonds. The second-order valence-corrected chi connectivity index (χ2v) is 7.22.